The first kappa shape index (κ1) is 11.6. The van der Waals surface area contributed by atoms with E-state index in [2.05, 4.69) is 28.1 Å². The number of rotatable bonds is 2. The van der Waals surface area contributed by atoms with E-state index < -0.39 is 11.4 Å². The third-order valence-corrected chi connectivity index (χ3v) is 4.10. The number of hydrogen-bond acceptors (Lipinski definition) is 1. The van der Waals surface area contributed by atoms with Crippen molar-refractivity contribution in [3.8, 4) is 0 Å². The van der Waals surface area contributed by atoms with Crippen LogP contribution < -0.4 is 0 Å². The fraction of sp³-hybridized carbons (Fsp3) is 0.462. The highest BCUT2D eigenvalue weighted by atomic mass is 79.9. The minimum absolute atomic E-state index is 0.123. The second-order valence-electron chi connectivity index (χ2n) is 4.96. The molecule has 1 unspecified atom stereocenters. The Bertz CT molecular complexity index is 438. The van der Waals surface area contributed by atoms with E-state index in [1.807, 2.05) is 19.9 Å². The summed E-state index contributed by atoms with van der Waals surface area (Å²) >= 11 is 3.45. The van der Waals surface area contributed by atoms with Crippen LogP contribution in [0.1, 0.15) is 37.3 Å². The Balaban J connectivity index is 2.43. The second-order valence-corrected chi connectivity index (χ2v) is 5.88. The monoisotopic (exact) mass is 282 g/mol. The Morgan fingerprint density at radius 1 is 1.50 bits per heavy atom. The summed E-state index contributed by atoms with van der Waals surface area (Å²) in [6, 6.07) is 6.18. The molecule has 0 heterocycles. The predicted molar refractivity (Wildman–Crippen MR) is 66.6 cm³/mol. The van der Waals surface area contributed by atoms with Crippen LogP contribution in [0.15, 0.2) is 22.7 Å². The molecule has 0 aliphatic heterocycles. The molecule has 1 aliphatic rings. The van der Waals surface area contributed by atoms with Crippen LogP contribution in [0, 0.1) is 5.41 Å². The van der Waals surface area contributed by atoms with E-state index in [-0.39, 0.29) is 5.92 Å². The zero-order valence-corrected chi connectivity index (χ0v) is 11.0. The topological polar surface area (TPSA) is 37.3 Å². The van der Waals surface area contributed by atoms with Gasteiger partial charge in [-0.1, -0.05) is 22.0 Å². The molecule has 86 valence electrons. The van der Waals surface area contributed by atoms with E-state index in [9.17, 15) is 9.90 Å². The van der Waals surface area contributed by atoms with Crippen molar-refractivity contribution in [3.05, 3.63) is 33.8 Å². The van der Waals surface area contributed by atoms with Gasteiger partial charge in [0.1, 0.15) is 0 Å². The number of benzene rings is 1. The molecule has 1 aromatic carbocycles. The van der Waals surface area contributed by atoms with Crippen molar-refractivity contribution in [2.45, 2.75) is 32.6 Å². The van der Waals surface area contributed by atoms with Crippen LogP contribution in [0.5, 0.6) is 0 Å². The fourth-order valence-electron chi connectivity index (χ4n) is 2.47. The molecule has 1 N–H and O–H groups in total. The van der Waals surface area contributed by atoms with E-state index >= 15 is 0 Å². The number of carboxylic acids is 1. The third kappa shape index (κ3) is 1.77. The number of halogens is 1. The fourth-order valence-corrected chi connectivity index (χ4v) is 2.85. The number of fused-ring (bicyclic) bond motifs is 1. The molecule has 0 fully saturated rings. The maximum absolute atomic E-state index is 11.3. The van der Waals surface area contributed by atoms with Crippen molar-refractivity contribution >= 4 is 21.9 Å². The van der Waals surface area contributed by atoms with Gasteiger partial charge in [0.15, 0.2) is 0 Å². The van der Waals surface area contributed by atoms with Gasteiger partial charge < -0.3 is 5.11 Å². The molecule has 2 nitrogen and oxygen atoms in total. The molecule has 1 aromatic rings. The van der Waals surface area contributed by atoms with Gasteiger partial charge in [0.2, 0.25) is 0 Å². The zero-order chi connectivity index (χ0) is 11.9. The molecule has 1 aliphatic carbocycles. The summed E-state index contributed by atoms with van der Waals surface area (Å²) < 4.78 is 1.03. The van der Waals surface area contributed by atoms with Gasteiger partial charge in [-0.25, -0.2) is 0 Å². The number of carbonyl (C=O) groups is 1. The average Bonchev–Trinajstić information content (AvgIpc) is 2.60. The largest absolute Gasteiger partial charge is 0.481 e. The first-order valence-corrected chi connectivity index (χ1v) is 6.24. The summed E-state index contributed by atoms with van der Waals surface area (Å²) in [5, 5.41) is 9.28. The molecule has 3 heteroatoms. The standard InChI is InChI=1S/C13H15BrO2/c1-13(2,12(15)16)11-6-4-8-3-5-9(14)7-10(8)11/h3,5,7,11H,4,6H2,1-2H3,(H,15,16). The highest BCUT2D eigenvalue weighted by Crippen LogP contribution is 2.45. The summed E-state index contributed by atoms with van der Waals surface area (Å²) in [6.07, 6.45) is 1.93. The Hall–Kier alpha value is -0.830. The van der Waals surface area contributed by atoms with Gasteiger partial charge >= 0.3 is 5.97 Å². The summed E-state index contributed by atoms with van der Waals surface area (Å²) in [5.74, 6) is -0.595. The Kier molecular flexibility index (Phi) is 2.82. The van der Waals surface area contributed by atoms with E-state index in [0.717, 1.165) is 17.3 Å². The van der Waals surface area contributed by atoms with E-state index in [1.165, 1.54) is 11.1 Å². The minimum Gasteiger partial charge on any atom is -0.481 e. The highest BCUT2D eigenvalue weighted by Gasteiger charge is 2.41. The van der Waals surface area contributed by atoms with E-state index in [0.29, 0.717) is 0 Å². The van der Waals surface area contributed by atoms with Crippen molar-refractivity contribution in [2.24, 2.45) is 5.41 Å². The van der Waals surface area contributed by atoms with Gasteiger partial charge in [0.25, 0.3) is 0 Å². The summed E-state index contributed by atoms with van der Waals surface area (Å²) in [7, 11) is 0. The maximum Gasteiger partial charge on any atom is 0.309 e. The van der Waals surface area contributed by atoms with E-state index in [1.54, 1.807) is 0 Å². The maximum atomic E-state index is 11.3. The third-order valence-electron chi connectivity index (χ3n) is 3.61. The predicted octanol–water partition coefficient (Wildman–Crippen LogP) is 3.59. The lowest BCUT2D eigenvalue weighted by Gasteiger charge is -2.27. The SMILES string of the molecule is CC(C)(C(=O)O)C1CCc2ccc(Br)cc21. The Morgan fingerprint density at radius 2 is 2.19 bits per heavy atom. The molecule has 0 radical (unpaired) electrons. The normalized spacial score (nSPS) is 19.6. The van der Waals surface area contributed by atoms with Gasteiger partial charge in [-0.15, -0.1) is 0 Å². The number of aryl methyl sites for hydroxylation is 1. The van der Waals surface area contributed by atoms with Gasteiger partial charge in [0, 0.05) is 10.4 Å². The first-order valence-electron chi connectivity index (χ1n) is 5.44. The quantitative estimate of drug-likeness (QED) is 0.900. The lowest BCUT2D eigenvalue weighted by atomic mass is 9.76. The molecular formula is C13H15BrO2. The molecule has 0 saturated heterocycles. The summed E-state index contributed by atoms with van der Waals surface area (Å²) in [6.45, 7) is 3.63. The van der Waals surface area contributed by atoms with Crippen LogP contribution in [0.2, 0.25) is 0 Å². The molecule has 0 aromatic heterocycles. The van der Waals surface area contributed by atoms with Crippen molar-refractivity contribution in [2.75, 3.05) is 0 Å². The van der Waals surface area contributed by atoms with Crippen LogP contribution >= 0.6 is 15.9 Å². The van der Waals surface area contributed by atoms with E-state index in [4.69, 9.17) is 0 Å². The van der Waals surface area contributed by atoms with Gasteiger partial charge in [0.05, 0.1) is 5.41 Å². The summed E-state index contributed by atoms with van der Waals surface area (Å²) in [4.78, 5) is 11.3. The van der Waals surface area contributed by atoms with Crippen LogP contribution in [-0.4, -0.2) is 11.1 Å². The zero-order valence-electron chi connectivity index (χ0n) is 9.46. The van der Waals surface area contributed by atoms with Crippen LogP contribution in [0.25, 0.3) is 0 Å². The van der Waals surface area contributed by atoms with Crippen LogP contribution in [0.3, 0.4) is 0 Å². The molecular weight excluding hydrogens is 268 g/mol. The smallest absolute Gasteiger partial charge is 0.309 e. The minimum atomic E-state index is -0.717. The van der Waals surface area contributed by atoms with Gasteiger partial charge in [-0.2, -0.15) is 0 Å². The number of carboxylic acid groups (broad SMARTS) is 1. The average molecular weight is 283 g/mol. The molecule has 0 spiro atoms. The molecule has 1 atom stereocenters. The lowest BCUT2D eigenvalue weighted by molar-refractivity contribution is -0.148. The lowest BCUT2D eigenvalue weighted by Crippen LogP contribution is -2.30. The van der Waals surface area contributed by atoms with Crippen molar-refractivity contribution in [3.63, 3.8) is 0 Å². The van der Waals surface area contributed by atoms with Crippen molar-refractivity contribution in [1.29, 1.82) is 0 Å². The molecule has 0 saturated carbocycles. The second kappa shape index (κ2) is 3.88. The van der Waals surface area contributed by atoms with Crippen LogP contribution in [-0.2, 0) is 11.2 Å². The number of hydrogen-bond donors (Lipinski definition) is 1. The first-order chi connectivity index (χ1) is 7.43. The summed E-state index contributed by atoms with van der Waals surface area (Å²) in [5.41, 5.74) is 1.80. The van der Waals surface area contributed by atoms with Crippen molar-refractivity contribution < 1.29 is 9.90 Å². The molecule has 2 rings (SSSR count). The molecule has 0 amide bonds. The molecule has 0 bridgehead atoms. The van der Waals surface area contributed by atoms with Crippen LogP contribution in [0.4, 0.5) is 0 Å². The Morgan fingerprint density at radius 3 is 2.81 bits per heavy atom. The van der Waals surface area contributed by atoms with Gasteiger partial charge in [-0.05, 0) is 49.9 Å². The number of aliphatic carboxylic acids is 1. The molecule has 16 heavy (non-hydrogen) atoms. The highest BCUT2D eigenvalue weighted by molar-refractivity contribution is 9.10. The van der Waals surface area contributed by atoms with Gasteiger partial charge in [-0.3, -0.25) is 4.79 Å². The van der Waals surface area contributed by atoms with Crippen molar-refractivity contribution in [1.82, 2.24) is 0 Å². The Labute approximate surface area is 104 Å².